The van der Waals surface area contributed by atoms with Crippen molar-refractivity contribution >= 4 is 5.91 Å². The molecule has 0 saturated carbocycles. The predicted octanol–water partition coefficient (Wildman–Crippen LogP) is 1.97. The molecule has 0 aliphatic rings. The SMILES string of the molecule is N#Cc1ccc(C[NH+]([O-])CCc2cccc(Oc3ccnc(C(N)=O)c3)c2)cc1. The summed E-state index contributed by atoms with van der Waals surface area (Å²) < 4.78 is 5.78. The predicted molar refractivity (Wildman–Crippen MR) is 107 cm³/mol. The number of carbonyl (C=O) groups excluding carboxylic acids is 1. The van der Waals surface area contributed by atoms with Gasteiger partial charge in [0.05, 0.1) is 18.2 Å². The van der Waals surface area contributed by atoms with Crippen LogP contribution in [0, 0.1) is 16.5 Å². The van der Waals surface area contributed by atoms with Gasteiger partial charge >= 0.3 is 0 Å². The second-order valence-electron chi connectivity index (χ2n) is 6.51. The van der Waals surface area contributed by atoms with Crippen molar-refractivity contribution in [1.82, 2.24) is 4.98 Å². The molecule has 1 unspecified atom stereocenters. The van der Waals surface area contributed by atoms with E-state index in [4.69, 9.17) is 15.7 Å². The van der Waals surface area contributed by atoms with Gasteiger partial charge in [-0.1, -0.05) is 24.3 Å². The van der Waals surface area contributed by atoms with Crippen LogP contribution in [0.5, 0.6) is 11.5 Å². The summed E-state index contributed by atoms with van der Waals surface area (Å²) in [6.45, 7) is 0.749. The number of hydrogen-bond acceptors (Lipinski definition) is 5. The van der Waals surface area contributed by atoms with E-state index in [-0.39, 0.29) is 10.8 Å². The number of aromatic nitrogens is 1. The lowest BCUT2D eigenvalue weighted by Gasteiger charge is -2.22. The number of rotatable bonds is 8. The highest BCUT2D eigenvalue weighted by atomic mass is 16.5. The molecular formula is C22H20N4O3. The molecule has 1 atom stereocenters. The normalized spacial score (nSPS) is 11.4. The Bertz CT molecular complexity index is 1030. The number of benzene rings is 2. The van der Waals surface area contributed by atoms with Crippen molar-refractivity contribution in [2.24, 2.45) is 5.73 Å². The minimum atomic E-state index is -0.620. The smallest absolute Gasteiger partial charge is 0.267 e. The van der Waals surface area contributed by atoms with Crippen LogP contribution in [0.4, 0.5) is 0 Å². The van der Waals surface area contributed by atoms with E-state index in [0.717, 1.165) is 11.1 Å². The number of nitrogens with zero attached hydrogens (tertiary/aromatic N) is 2. The monoisotopic (exact) mass is 388 g/mol. The number of pyridine rings is 1. The molecule has 1 aromatic heterocycles. The summed E-state index contributed by atoms with van der Waals surface area (Å²) in [5.41, 5.74) is 7.81. The lowest BCUT2D eigenvalue weighted by Crippen LogP contribution is -3.06. The number of amides is 1. The van der Waals surface area contributed by atoms with E-state index in [2.05, 4.69) is 11.1 Å². The Hall–Kier alpha value is -3.73. The first-order chi connectivity index (χ1) is 14.0. The highest BCUT2D eigenvalue weighted by Crippen LogP contribution is 2.22. The van der Waals surface area contributed by atoms with E-state index in [0.29, 0.717) is 36.6 Å². The van der Waals surface area contributed by atoms with Gasteiger partial charge in [0.1, 0.15) is 23.7 Å². The van der Waals surface area contributed by atoms with Gasteiger partial charge < -0.3 is 20.7 Å². The van der Waals surface area contributed by atoms with Crippen LogP contribution >= 0.6 is 0 Å². The summed E-state index contributed by atoms with van der Waals surface area (Å²) in [7, 11) is 0. The molecule has 3 rings (SSSR count). The van der Waals surface area contributed by atoms with Gasteiger partial charge in [0.2, 0.25) is 0 Å². The average molecular weight is 388 g/mol. The largest absolute Gasteiger partial charge is 0.634 e. The Morgan fingerprint density at radius 3 is 2.59 bits per heavy atom. The van der Waals surface area contributed by atoms with Crippen LogP contribution in [-0.4, -0.2) is 17.4 Å². The van der Waals surface area contributed by atoms with Gasteiger partial charge in [-0.3, -0.25) is 9.78 Å². The number of nitrogens with one attached hydrogen (secondary N) is 1. The quantitative estimate of drug-likeness (QED) is 0.572. The topological polar surface area (TPSA) is 116 Å². The summed E-state index contributed by atoms with van der Waals surface area (Å²) in [5, 5.41) is 21.2. The number of hydroxylamine groups is 2. The number of ether oxygens (including phenoxy) is 1. The van der Waals surface area contributed by atoms with Crippen LogP contribution in [-0.2, 0) is 13.0 Å². The minimum absolute atomic E-state index is 0.126. The standard InChI is InChI=1S/C22H20N4O3/c23-14-17-4-6-18(7-5-17)15-26(28)11-9-16-2-1-3-19(12-16)29-20-8-10-25-21(13-20)22(24)27/h1-8,10,12-13,26H,9,11,15H2,(H2,24,27). The highest BCUT2D eigenvalue weighted by molar-refractivity contribution is 5.91. The molecule has 7 heteroatoms. The molecule has 2 aromatic carbocycles. The first kappa shape index (κ1) is 20.0. The molecule has 146 valence electrons. The van der Waals surface area contributed by atoms with Crippen LogP contribution in [0.25, 0.3) is 0 Å². The van der Waals surface area contributed by atoms with Crippen LogP contribution in [0.15, 0.2) is 66.9 Å². The van der Waals surface area contributed by atoms with Crippen LogP contribution < -0.4 is 15.5 Å². The first-order valence-corrected chi connectivity index (χ1v) is 9.07. The second-order valence-corrected chi connectivity index (χ2v) is 6.51. The van der Waals surface area contributed by atoms with Crippen LogP contribution in [0.2, 0.25) is 0 Å². The Labute approximate surface area is 168 Å². The van der Waals surface area contributed by atoms with E-state index in [1.165, 1.54) is 12.3 Å². The summed E-state index contributed by atoms with van der Waals surface area (Å²) in [6.07, 6.45) is 2.05. The van der Waals surface area contributed by atoms with E-state index in [1.54, 1.807) is 36.4 Å². The van der Waals surface area contributed by atoms with Crippen LogP contribution in [0.3, 0.4) is 0 Å². The molecule has 0 spiro atoms. The molecule has 0 fully saturated rings. The fraction of sp³-hybridized carbons (Fsp3) is 0.136. The van der Waals surface area contributed by atoms with Gasteiger partial charge in [0.25, 0.3) is 5.91 Å². The summed E-state index contributed by atoms with van der Waals surface area (Å²) in [6, 6.07) is 19.7. The third kappa shape index (κ3) is 5.87. The molecule has 0 bridgehead atoms. The van der Waals surface area contributed by atoms with Gasteiger partial charge in [-0.2, -0.15) is 5.26 Å². The molecule has 1 amide bonds. The molecular weight excluding hydrogens is 368 g/mol. The van der Waals surface area contributed by atoms with Crippen molar-refractivity contribution in [1.29, 1.82) is 5.26 Å². The Morgan fingerprint density at radius 2 is 1.86 bits per heavy atom. The molecule has 0 saturated heterocycles. The van der Waals surface area contributed by atoms with Crippen molar-refractivity contribution in [2.45, 2.75) is 13.0 Å². The number of hydrogen-bond donors (Lipinski definition) is 2. The van der Waals surface area contributed by atoms with Gasteiger partial charge in [-0.05, 0) is 35.9 Å². The van der Waals surface area contributed by atoms with Crippen LogP contribution in [0.1, 0.15) is 27.2 Å². The second kappa shape index (κ2) is 9.46. The summed E-state index contributed by atoms with van der Waals surface area (Å²) >= 11 is 0. The fourth-order valence-corrected chi connectivity index (χ4v) is 2.81. The number of carbonyl (C=O) groups is 1. The zero-order valence-corrected chi connectivity index (χ0v) is 15.7. The number of primary amides is 1. The zero-order valence-electron chi connectivity index (χ0n) is 15.7. The summed E-state index contributed by atoms with van der Waals surface area (Å²) in [4.78, 5) is 15.1. The van der Waals surface area contributed by atoms with Crippen molar-refractivity contribution in [3.8, 4) is 17.6 Å². The van der Waals surface area contributed by atoms with E-state index >= 15 is 0 Å². The molecule has 3 aromatic rings. The third-order valence-electron chi connectivity index (χ3n) is 4.29. The molecule has 0 aliphatic heterocycles. The maximum Gasteiger partial charge on any atom is 0.267 e. The lowest BCUT2D eigenvalue weighted by atomic mass is 10.1. The van der Waals surface area contributed by atoms with Gasteiger partial charge in [0.15, 0.2) is 0 Å². The number of nitrogens with two attached hydrogens (primary N) is 1. The highest BCUT2D eigenvalue weighted by Gasteiger charge is 2.06. The maximum absolute atomic E-state index is 12.3. The summed E-state index contributed by atoms with van der Waals surface area (Å²) in [5.74, 6) is 0.441. The van der Waals surface area contributed by atoms with E-state index in [1.807, 2.05) is 18.2 Å². The Balaban J connectivity index is 1.57. The van der Waals surface area contributed by atoms with Gasteiger partial charge in [-0.25, -0.2) is 0 Å². The number of nitriles is 1. The van der Waals surface area contributed by atoms with E-state index < -0.39 is 5.91 Å². The molecule has 0 aliphatic carbocycles. The molecule has 3 N–H and O–H groups in total. The van der Waals surface area contributed by atoms with E-state index in [9.17, 15) is 10.0 Å². The molecule has 0 radical (unpaired) electrons. The zero-order chi connectivity index (χ0) is 20.6. The van der Waals surface area contributed by atoms with Gasteiger partial charge in [-0.15, -0.1) is 0 Å². The first-order valence-electron chi connectivity index (χ1n) is 9.07. The van der Waals surface area contributed by atoms with Crippen molar-refractivity contribution in [3.05, 3.63) is 94.5 Å². The van der Waals surface area contributed by atoms with Crippen molar-refractivity contribution in [3.63, 3.8) is 0 Å². The van der Waals surface area contributed by atoms with Crippen molar-refractivity contribution in [2.75, 3.05) is 6.54 Å². The minimum Gasteiger partial charge on any atom is -0.634 e. The maximum atomic E-state index is 12.3. The average Bonchev–Trinajstić information content (AvgIpc) is 2.73. The third-order valence-corrected chi connectivity index (χ3v) is 4.29. The molecule has 7 nitrogen and oxygen atoms in total. The Kier molecular flexibility index (Phi) is 6.53. The lowest BCUT2D eigenvalue weighted by molar-refractivity contribution is -0.862. The Morgan fingerprint density at radius 1 is 1.10 bits per heavy atom. The van der Waals surface area contributed by atoms with Gasteiger partial charge in [0, 0.05) is 24.2 Å². The fourth-order valence-electron chi connectivity index (χ4n) is 2.81. The number of quaternary nitrogens is 1. The molecule has 1 heterocycles. The molecule has 29 heavy (non-hydrogen) atoms. The van der Waals surface area contributed by atoms with Crippen molar-refractivity contribution < 1.29 is 14.6 Å².